The Labute approximate surface area is 75.1 Å². The monoisotopic (exact) mass is 220 g/mol. The summed E-state index contributed by atoms with van der Waals surface area (Å²) in [7, 11) is 0. The minimum Gasteiger partial charge on any atom is -0.481 e. The van der Waals surface area contributed by atoms with E-state index in [9.17, 15) is 4.79 Å². The van der Waals surface area contributed by atoms with Crippen molar-refractivity contribution >= 4 is 21.9 Å². The summed E-state index contributed by atoms with van der Waals surface area (Å²) in [6.07, 6.45) is 5.88. The van der Waals surface area contributed by atoms with Gasteiger partial charge in [0.1, 0.15) is 0 Å². The van der Waals surface area contributed by atoms with Gasteiger partial charge in [0.05, 0.1) is 6.42 Å². The molecule has 1 aliphatic rings. The number of aliphatic carboxylic acids is 1. The van der Waals surface area contributed by atoms with Crippen LogP contribution in [-0.2, 0) is 4.79 Å². The Hall–Kier alpha value is -0.0500. The molecule has 0 bridgehead atoms. The molecule has 64 valence electrons. The lowest BCUT2D eigenvalue weighted by Gasteiger charge is -2.29. The number of alkyl halides is 1. The van der Waals surface area contributed by atoms with Crippen LogP contribution in [0.2, 0.25) is 0 Å². The first-order chi connectivity index (χ1) is 5.12. The van der Waals surface area contributed by atoms with Crippen molar-refractivity contribution in [3.8, 4) is 0 Å². The molecular formula is C8H13BrO2. The first-order valence-corrected chi connectivity index (χ1v) is 4.82. The second-order valence-corrected chi connectivity index (χ2v) is 4.96. The molecule has 0 saturated heterocycles. The Bertz CT molecular complexity index is 150. The lowest BCUT2D eigenvalue weighted by molar-refractivity contribution is -0.137. The number of hydrogen-bond donors (Lipinski definition) is 1. The van der Waals surface area contributed by atoms with Crippen molar-refractivity contribution in [1.29, 1.82) is 0 Å². The van der Waals surface area contributed by atoms with Crippen LogP contribution in [0.5, 0.6) is 0 Å². The number of halogens is 1. The molecule has 2 nitrogen and oxygen atoms in total. The van der Waals surface area contributed by atoms with Crippen LogP contribution in [0.3, 0.4) is 0 Å². The molecule has 0 spiro atoms. The maximum absolute atomic E-state index is 10.4. The van der Waals surface area contributed by atoms with Crippen LogP contribution in [0, 0.1) is 0 Å². The molecule has 1 N–H and O–H groups in total. The lowest BCUT2D eigenvalue weighted by atomic mass is 9.87. The Morgan fingerprint density at radius 1 is 1.36 bits per heavy atom. The van der Waals surface area contributed by atoms with Crippen molar-refractivity contribution in [2.75, 3.05) is 0 Å². The maximum Gasteiger partial charge on any atom is 0.304 e. The van der Waals surface area contributed by atoms with Gasteiger partial charge in [-0.25, -0.2) is 0 Å². The van der Waals surface area contributed by atoms with E-state index in [4.69, 9.17) is 5.11 Å². The lowest BCUT2D eigenvalue weighted by Crippen LogP contribution is -2.27. The first kappa shape index (κ1) is 9.04. The maximum atomic E-state index is 10.4. The highest BCUT2D eigenvalue weighted by atomic mass is 79.9. The van der Waals surface area contributed by atoms with Crippen LogP contribution in [0.4, 0.5) is 0 Å². The van der Waals surface area contributed by atoms with Gasteiger partial charge < -0.3 is 5.11 Å². The van der Waals surface area contributed by atoms with E-state index < -0.39 is 5.97 Å². The van der Waals surface area contributed by atoms with E-state index in [1.54, 1.807) is 0 Å². The summed E-state index contributed by atoms with van der Waals surface area (Å²) < 4.78 is -0.0862. The van der Waals surface area contributed by atoms with Crippen molar-refractivity contribution in [3.05, 3.63) is 0 Å². The third-order valence-electron chi connectivity index (χ3n) is 2.22. The van der Waals surface area contributed by atoms with Crippen LogP contribution < -0.4 is 0 Å². The van der Waals surface area contributed by atoms with Crippen molar-refractivity contribution in [2.45, 2.75) is 42.8 Å². The number of rotatable bonds is 2. The van der Waals surface area contributed by atoms with Crippen LogP contribution in [0.25, 0.3) is 0 Å². The molecule has 0 radical (unpaired) electrons. The number of carboxylic acid groups (broad SMARTS) is 1. The van der Waals surface area contributed by atoms with E-state index >= 15 is 0 Å². The molecule has 0 atom stereocenters. The van der Waals surface area contributed by atoms with Crippen molar-refractivity contribution in [3.63, 3.8) is 0 Å². The van der Waals surface area contributed by atoms with E-state index in [1.165, 1.54) is 19.3 Å². The molecule has 1 aliphatic carbocycles. The average Bonchev–Trinajstić information content (AvgIpc) is 1.85. The summed E-state index contributed by atoms with van der Waals surface area (Å²) >= 11 is 3.52. The molecule has 0 heterocycles. The van der Waals surface area contributed by atoms with Gasteiger partial charge in [-0.2, -0.15) is 0 Å². The van der Waals surface area contributed by atoms with Crippen molar-refractivity contribution in [2.24, 2.45) is 0 Å². The second-order valence-electron chi connectivity index (χ2n) is 3.28. The van der Waals surface area contributed by atoms with Gasteiger partial charge in [-0.15, -0.1) is 0 Å². The molecule has 0 aromatic carbocycles. The molecule has 1 fully saturated rings. The largest absolute Gasteiger partial charge is 0.481 e. The van der Waals surface area contributed by atoms with Crippen molar-refractivity contribution < 1.29 is 9.90 Å². The van der Waals surface area contributed by atoms with Gasteiger partial charge in [0.15, 0.2) is 0 Å². The molecule has 11 heavy (non-hydrogen) atoms. The molecular weight excluding hydrogens is 208 g/mol. The molecule has 0 unspecified atom stereocenters. The van der Waals surface area contributed by atoms with Crippen LogP contribution in [0.1, 0.15) is 38.5 Å². The van der Waals surface area contributed by atoms with E-state index in [0.717, 1.165) is 12.8 Å². The van der Waals surface area contributed by atoms with Gasteiger partial charge >= 0.3 is 5.97 Å². The Morgan fingerprint density at radius 3 is 2.36 bits per heavy atom. The smallest absolute Gasteiger partial charge is 0.304 e. The predicted molar refractivity (Wildman–Crippen MR) is 47.0 cm³/mol. The highest BCUT2D eigenvalue weighted by Crippen LogP contribution is 2.38. The van der Waals surface area contributed by atoms with E-state index in [1.807, 2.05) is 0 Å². The standard InChI is InChI=1S/C8H13BrO2/c9-8(6-7(10)11)4-2-1-3-5-8/h1-6H2,(H,10,11). The van der Waals surface area contributed by atoms with Crippen LogP contribution >= 0.6 is 15.9 Å². The SMILES string of the molecule is O=C(O)CC1(Br)CCCCC1. The minimum atomic E-state index is -0.691. The van der Waals surface area contributed by atoms with E-state index in [2.05, 4.69) is 15.9 Å². The van der Waals surface area contributed by atoms with Gasteiger partial charge in [0.2, 0.25) is 0 Å². The Balaban J connectivity index is 2.43. The summed E-state index contributed by atoms with van der Waals surface area (Å²) in [5, 5.41) is 8.60. The molecule has 0 aromatic heterocycles. The van der Waals surface area contributed by atoms with Crippen molar-refractivity contribution in [1.82, 2.24) is 0 Å². The summed E-state index contributed by atoms with van der Waals surface area (Å²) in [6.45, 7) is 0. The highest BCUT2D eigenvalue weighted by Gasteiger charge is 2.31. The highest BCUT2D eigenvalue weighted by molar-refractivity contribution is 9.10. The topological polar surface area (TPSA) is 37.3 Å². The van der Waals surface area contributed by atoms with E-state index in [0.29, 0.717) is 0 Å². The average molecular weight is 221 g/mol. The normalized spacial score (nSPS) is 23.0. The summed E-state index contributed by atoms with van der Waals surface area (Å²) in [5.74, 6) is -0.691. The van der Waals surface area contributed by atoms with Gasteiger partial charge in [-0.1, -0.05) is 35.2 Å². The summed E-state index contributed by atoms with van der Waals surface area (Å²) in [4.78, 5) is 10.4. The van der Waals surface area contributed by atoms with Crippen LogP contribution in [-0.4, -0.2) is 15.4 Å². The quantitative estimate of drug-likeness (QED) is 0.727. The van der Waals surface area contributed by atoms with Crippen LogP contribution in [0.15, 0.2) is 0 Å². The van der Waals surface area contributed by atoms with E-state index in [-0.39, 0.29) is 10.7 Å². The van der Waals surface area contributed by atoms with Gasteiger partial charge in [0, 0.05) is 4.32 Å². The molecule has 0 aliphatic heterocycles. The Morgan fingerprint density at radius 2 is 1.91 bits per heavy atom. The zero-order chi connectivity index (χ0) is 8.32. The number of carboxylic acids is 1. The zero-order valence-electron chi connectivity index (χ0n) is 6.48. The Kier molecular flexibility index (Phi) is 2.93. The fraction of sp³-hybridized carbons (Fsp3) is 0.875. The van der Waals surface area contributed by atoms with Gasteiger partial charge in [-0.3, -0.25) is 4.79 Å². The third kappa shape index (κ3) is 2.81. The molecule has 0 amide bonds. The van der Waals surface area contributed by atoms with Gasteiger partial charge in [-0.05, 0) is 12.8 Å². The predicted octanol–water partition coefficient (Wildman–Crippen LogP) is 2.56. The number of hydrogen-bond acceptors (Lipinski definition) is 1. The minimum absolute atomic E-state index is 0.0862. The summed E-state index contributed by atoms with van der Waals surface area (Å²) in [6, 6.07) is 0. The number of carbonyl (C=O) groups is 1. The molecule has 1 saturated carbocycles. The second kappa shape index (κ2) is 3.57. The molecule has 0 aromatic rings. The fourth-order valence-electron chi connectivity index (χ4n) is 1.63. The summed E-state index contributed by atoms with van der Waals surface area (Å²) in [5.41, 5.74) is 0. The fourth-order valence-corrected chi connectivity index (χ4v) is 2.43. The molecule has 3 heteroatoms. The zero-order valence-corrected chi connectivity index (χ0v) is 8.06. The molecule has 1 rings (SSSR count). The van der Waals surface area contributed by atoms with Gasteiger partial charge in [0.25, 0.3) is 0 Å². The third-order valence-corrected chi connectivity index (χ3v) is 3.29. The first-order valence-electron chi connectivity index (χ1n) is 4.03.